The van der Waals surface area contributed by atoms with Gasteiger partial charge in [-0.25, -0.2) is 4.98 Å². The van der Waals surface area contributed by atoms with E-state index in [-0.39, 0.29) is 12.2 Å². The number of benzene rings is 1. The van der Waals surface area contributed by atoms with E-state index in [1.807, 2.05) is 24.3 Å². The number of hydrogen-bond donors (Lipinski definition) is 2. The zero-order chi connectivity index (χ0) is 19.3. The third-order valence-electron chi connectivity index (χ3n) is 5.21. The van der Waals surface area contributed by atoms with Crippen molar-refractivity contribution >= 4 is 0 Å². The first-order chi connectivity index (χ1) is 13.7. The number of hydrogen-bond acceptors (Lipinski definition) is 5. The topological polar surface area (TPSA) is 82.1 Å². The normalized spacial score (nSPS) is 17.5. The van der Waals surface area contributed by atoms with Crippen LogP contribution in [0, 0.1) is 5.92 Å². The summed E-state index contributed by atoms with van der Waals surface area (Å²) < 4.78 is 0. The highest BCUT2D eigenvalue weighted by atomic mass is 16.3. The predicted molar refractivity (Wildman–Crippen MR) is 109 cm³/mol. The largest absolute Gasteiger partial charge is 0.396 e. The van der Waals surface area contributed by atoms with E-state index < -0.39 is 0 Å². The zero-order valence-corrected chi connectivity index (χ0v) is 15.7. The van der Waals surface area contributed by atoms with E-state index in [0.29, 0.717) is 17.4 Å². The maximum Gasteiger partial charge on any atom is 0.251 e. The summed E-state index contributed by atoms with van der Waals surface area (Å²) in [6, 6.07) is 13.3. The number of aliphatic hydroxyl groups is 1. The number of rotatable bonds is 5. The number of H-pyrrole nitrogens is 1. The highest BCUT2D eigenvalue weighted by Crippen LogP contribution is 2.21. The van der Waals surface area contributed by atoms with Crippen molar-refractivity contribution in [1.29, 1.82) is 0 Å². The lowest BCUT2D eigenvalue weighted by molar-refractivity contribution is 0.116. The smallest absolute Gasteiger partial charge is 0.251 e. The summed E-state index contributed by atoms with van der Waals surface area (Å²) >= 11 is 0. The van der Waals surface area contributed by atoms with Gasteiger partial charge in [0.05, 0.1) is 5.69 Å². The monoisotopic (exact) mass is 376 g/mol. The van der Waals surface area contributed by atoms with Gasteiger partial charge in [0.1, 0.15) is 5.82 Å². The van der Waals surface area contributed by atoms with Crippen LogP contribution in [-0.2, 0) is 6.54 Å². The first-order valence-corrected chi connectivity index (χ1v) is 9.65. The van der Waals surface area contributed by atoms with Crippen LogP contribution in [-0.4, -0.2) is 44.7 Å². The van der Waals surface area contributed by atoms with Gasteiger partial charge in [0.15, 0.2) is 0 Å². The molecule has 0 saturated carbocycles. The number of nitrogens with one attached hydrogen (secondary N) is 1. The number of aromatic nitrogens is 3. The van der Waals surface area contributed by atoms with Crippen LogP contribution in [0.4, 0.5) is 0 Å². The summed E-state index contributed by atoms with van der Waals surface area (Å²) in [5, 5.41) is 9.40. The lowest BCUT2D eigenvalue weighted by atomic mass is 9.98. The number of aliphatic hydroxyl groups excluding tert-OH is 1. The van der Waals surface area contributed by atoms with Crippen LogP contribution in [0.15, 0.2) is 59.7 Å². The molecule has 0 spiro atoms. The van der Waals surface area contributed by atoms with E-state index >= 15 is 0 Å². The van der Waals surface area contributed by atoms with E-state index in [9.17, 15) is 9.90 Å². The average molecular weight is 376 g/mol. The standard InChI is InChI=1S/C22H24N4O2/c27-15-17-2-1-11-26(14-17)13-16-3-5-19(6-4-16)22-24-20(12-21(28)25-22)18-7-9-23-10-8-18/h3-10,12,17,27H,1-2,11,13-15H2,(H,24,25,28). The van der Waals surface area contributed by atoms with E-state index in [4.69, 9.17) is 0 Å². The Bertz CT molecular complexity index is 970. The van der Waals surface area contributed by atoms with Gasteiger partial charge in [-0.05, 0) is 43.0 Å². The fourth-order valence-electron chi connectivity index (χ4n) is 3.74. The van der Waals surface area contributed by atoms with Crippen molar-refractivity contribution < 1.29 is 5.11 Å². The van der Waals surface area contributed by atoms with Gasteiger partial charge >= 0.3 is 0 Å². The number of piperidine rings is 1. The van der Waals surface area contributed by atoms with Crippen molar-refractivity contribution in [3.05, 3.63) is 70.8 Å². The van der Waals surface area contributed by atoms with Gasteiger partial charge in [-0.3, -0.25) is 14.7 Å². The van der Waals surface area contributed by atoms with Gasteiger partial charge < -0.3 is 10.1 Å². The Morgan fingerprint density at radius 1 is 1.11 bits per heavy atom. The van der Waals surface area contributed by atoms with Crippen LogP contribution >= 0.6 is 0 Å². The third-order valence-corrected chi connectivity index (χ3v) is 5.21. The fraction of sp³-hybridized carbons (Fsp3) is 0.318. The molecule has 0 radical (unpaired) electrons. The van der Waals surface area contributed by atoms with E-state index in [1.54, 1.807) is 12.4 Å². The maximum atomic E-state index is 12.1. The van der Waals surface area contributed by atoms with Crippen LogP contribution in [0.2, 0.25) is 0 Å². The molecule has 6 nitrogen and oxygen atoms in total. The van der Waals surface area contributed by atoms with Gasteiger partial charge in [-0.1, -0.05) is 24.3 Å². The van der Waals surface area contributed by atoms with Gasteiger partial charge in [-0.15, -0.1) is 0 Å². The Kier molecular flexibility index (Phi) is 5.60. The molecule has 28 heavy (non-hydrogen) atoms. The first kappa shape index (κ1) is 18.5. The molecule has 1 fully saturated rings. The molecule has 3 heterocycles. The Labute approximate surface area is 163 Å². The maximum absolute atomic E-state index is 12.1. The molecule has 6 heteroatoms. The molecule has 4 rings (SSSR count). The van der Waals surface area contributed by atoms with Crippen molar-refractivity contribution in [2.24, 2.45) is 5.92 Å². The second-order valence-corrected chi connectivity index (χ2v) is 7.34. The van der Waals surface area contributed by atoms with Crippen LogP contribution < -0.4 is 5.56 Å². The Morgan fingerprint density at radius 3 is 2.64 bits per heavy atom. The molecular formula is C22H24N4O2. The first-order valence-electron chi connectivity index (χ1n) is 9.65. The quantitative estimate of drug-likeness (QED) is 0.715. The van der Waals surface area contributed by atoms with Gasteiger partial charge in [-0.2, -0.15) is 0 Å². The highest BCUT2D eigenvalue weighted by Gasteiger charge is 2.19. The summed E-state index contributed by atoms with van der Waals surface area (Å²) in [6.45, 7) is 3.16. The minimum absolute atomic E-state index is 0.177. The molecule has 0 amide bonds. The van der Waals surface area contributed by atoms with Crippen LogP contribution in [0.25, 0.3) is 22.6 Å². The van der Waals surface area contributed by atoms with Gasteiger partial charge in [0, 0.05) is 49.3 Å². The predicted octanol–water partition coefficient (Wildman–Crippen LogP) is 2.70. The summed E-state index contributed by atoms with van der Waals surface area (Å²) in [4.78, 5) is 26.0. The Morgan fingerprint density at radius 2 is 1.89 bits per heavy atom. The Balaban J connectivity index is 1.53. The molecule has 1 atom stereocenters. The molecule has 1 aromatic carbocycles. The molecule has 1 aliphatic heterocycles. The minimum Gasteiger partial charge on any atom is -0.396 e. The molecule has 2 N–H and O–H groups in total. The molecule has 1 unspecified atom stereocenters. The molecule has 144 valence electrons. The minimum atomic E-state index is -0.177. The Hall–Kier alpha value is -2.83. The summed E-state index contributed by atoms with van der Waals surface area (Å²) in [6.07, 6.45) is 5.62. The number of likely N-dealkylation sites (tertiary alicyclic amines) is 1. The lowest BCUT2D eigenvalue weighted by Gasteiger charge is -2.31. The van der Waals surface area contributed by atoms with Crippen molar-refractivity contribution in [3.63, 3.8) is 0 Å². The van der Waals surface area contributed by atoms with Crippen LogP contribution in [0.1, 0.15) is 18.4 Å². The van der Waals surface area contributed by atoms with Gasteiger partial charge in [0.25, 0.3) is 5.56 Å². The summed E-state index contributed by atoms with van der Waals surface area (Å²) in [7, 11) is 0. The van der Waals surface area contributed by atoms with Gasteiger partial charge in [0.2, 0.25) is 0 Å². The zero-order valence-electron chi connectivity index (χ0n) is 15.7. The van der Waals surface area contributed by atoms with Crippen molar-refractivity contribution in [3.8, 4) is 22.6 Å². The molecule has 1 aliphatic rings. The molecule has 0 bridgehead atoms. The second-order valence-electron chi connectivity index (χ2n) is 7.34. The van der Waals surface area contributed by atoms with Crippen LogP contribution in [0.5, 0.6) is 0 Å². The molecule has 0 aliphatic carbocycles. The molecule has 2 aromatic heterocycles. The lowest BCUT2D eigenvalue weighted by Crippen LogP contribution is -2.36. The van der Waals surface area contributed by atoms with E-state index in [0.717, 1.165) is 43.6 Å². The van der Waals surface area contributed by atoms with Crippen LogP contribution in [0.3, 0.4) is 0 Å². The molecule has 3 aromatic rings. The van der Waals surface area contributed by atoms with Crippen molar-refractivity contribution in [2.45, 2.75) is 19.4 Å². The van der Waals surface area contributed by atoms with E-state index in [2.05, 4.69) is 32.0 Å². The highest BCUT2D eigenvalue weighted by molar-refractivity contribution is 5.63. The summed E-state index contributed by atoms with van der Waals surface area (Å²) in [5.74, 6) is 0.947. The van der Waals surface area contributed by atoms with Crippen molar-refractivity contribution in [2.75, 3.05) is 19.7 Å². The van der Waals surface area contributed by atoms with Crippen molar-refractivity contribution in [1.82, 2.24) is 19.9 Å². The number of pyridine rings is 1. The molecule has 1 saturated heterocycles. The average Bonchev–Trinajstić information content (AvgIpc) is 2.74. The SMILES string of the molecule is O=c1cc(-c2ccncc2)nc(-c2ccc(CN3CCCC(CO)C3)cc2)[nH]1. The van der Waals surface area contributed by atoms with E-state index in [1.165, 1.54) is 11.6 Å². The fourth-order valence-corrected chi connectivity index (χ4v) is 3.74. The number of nitrogens with zero attached hydrogens (tertiary/aromatic N) is 3. The summed E-state index contributed by atoms with van der Waals surface area (Å²) in [5.41, 5.74) is 3.42. The third kappa shape index (κ3) is 4.35. The molecular weight excluding hydrogens is 352 g/mol. The second kappa shape index (κ2) is 8.46. The number of aromatic amines is 1.